The second kappa shape index (κ2) is 5.58. The molecule has 0 radical (unpaired) electrons. The third-order valence-electron chi connectivity index (χ3n) is 4.40. The molecule has 0 amide bonds. The first-order valence-electron chi connectivity index (χ1n) is 7.85. The molecule has 0 spiro atoms. The largest absolute Gasteiger partial charge is 0.316 e. The molecule has 1 aromatic heterocycles. The molecule has 104 valence electrons. The van der Waals surface area contributed by atoms with Crippen molar-refractivity contribution in [1.82, 2.24) is 15.3 Å². The average molecular weight is 259 g/mol. The Morgan fingerprint density at radius 2 is 2.05 bits per heavy atom. The van der Waals surface area contributed by atoms with Gasteiger partial charge in [-0.05, 0) is 70.0 Å². The van der Waals surface area contributed by atoms with Gasteiger partial charge in [-0.3, -0.25) is 0 Å². The van der Waals surface area contributed by atoms with E-state index in [1.165, 1.54) is 49.1 Å². The molecular formula is C16H25N3. The predicted molar refractivity (Wildman–Crippen MR) is 77.4 cm³/mol. The number of nitrogens with zero attached hydrogens (tertiary/aromatic N) is 2. The van der Waals surface area contributed by atoms with Crippen molar-refractivity contribution < 1.29 is 0 Å². The first kappa shape index (κ1) is 13.0. The standard InChI is InChI=1S/C16H25N3/c1-3-8-17-10-12-4-7-15-14(9-12)11(2)18-16(19-15)13-5-6-13/h12-13,17H,3-10H2,1-2H3. The summed E-state index contributed by atoms with van der Waals surface area (Å²) < 4.78 is 0. The van der Waals surface area contributed by atoms with Crippen LogP contribution in [0.1, 0.15) is 61.3 Å². The van der Waals surface area contributed by atoms with Gasteiger partial charge in [0.15, 0.2) is 0 Å². The van der Waals surface area contributed by atoms with Crippen LogP contribution in [0, 0.1) is 12.8 Å². The van der Waals surface area contributed by atoms with E-state index < -0.39 is 0 Å². The summed E-state index contributed by atoms with van der Waals surface area (Å²) in [6.45, 7) is 6.69. The molecule has 19 heavy (non-hydrogen) atoms. The maximum atomic E-state index is 4.84. The first-order valence-corrected chi connectivity index (χ1v) is 7.85. The summed E-state index contributed by atoms with van der Waals surface area (Å²) in [5.41, 5.74) is 4.03. The Kier molecular flexibility index (Phi) is 3.83. The topological polar surface area (TPSA) is 37.8 Å². The van der Waals surface area contributed by atoms with Gasteiger partial charge in [0.2, 0.25) is 0 Å². The molecule has 0 saturated heterocycles. The zero-order chi connectivity index (χ0) is 13.2. The van der Waals surface area contributed by atoms with Crippen LogP contribution in [0.4, 0.5) is 0 Å². The highest BCUT2D eigenvalue weighted by molar-refractivity contribution is 5.29. The summed E-state index contributed by atoms with van der Waals surface area (Å²) >= 11 is 0. The number of rotatable bonds is 5. The van der Waals surface area contributed by atoms with Gasteiger partial charge in [0.05, 0.1) is 0 Å². The van der Waals surface area contributed by atoms with Gasteiger partial charge in [-0.2, -0.15) is 0 Å². The Morgan fingerprint density at radius 3 is 2.79 bits per heavy atom. The molecule has 2 aliphatic carbocycles. The van der Waals surface area contributed by atoms with Crippen LogP contribution < -0.4 is 5.32 Å². The van der Waals surface area contributed by atoms with Gasteiger partial charge in [0, 0.05) is 17.3 Å². The average Bonchev–Trinajstić information content (AvgIpc) is 3.24. The first-order chi connectivity index (χ1) is 9.28. The van der Waals surface area contributed by atoms with Gasteiger partial charge in [0.1, 0.15) is 5.82 Å². The minimum atomic E-state index is 0.674. The van der Waals surface area contributed by atoms with Crippen molar-refractivity contribution in [2.75, 3.05) is 13.1 Å². The van der Waals surface area contributed by atoms with Crippen LogP contribution in [0.2, 0.25) is 0 Å². The van der Waals surface area contributed by atoms with Crippen molar-refractivity contribution in [3.05, 3.63) is 22.8 Å². The quantitative estimate of drug-likeness (QED) is 0.826. The molecule has 1 atom stereocenters. The number of aromatic nitrogens is 2. The summed E-state index contributed by atoms with van der Waals surface area (Å²) in [6, 6.07) is 0. The third-order valence-corrected chi connectivity index (χ3v) is 4.40. The lowest BCUT2D eigenvalue weighted by Gasteiger charge is -2.25. The number of nitrogens with one attached hydrogen (secondary N) is 1. The summed E-state index contributed by atoms with van der Waals surface area (Å²) in [7, 11) is 0. The fourth-order valence-corrected chi connectivity index (χ4v) is 3.06. The number of fused-ring (bicyclic) bond motifs is 1. The van der Waals surface area contributed by atoms with Gasteiger partial charge < -0.3 is 5.32 Å². The smallest absolute Gasteiger partial charge is 0.131 e. The fraction of sp³-hybridized carbons (Fsp3) is 0.750. The molecule has 0 aromatic carbocycles. The van der Waals surface area contributed by atoms with E-state index in [-0.39, 0.29) is 0 Å². The maximum Gasteiger partial charge on any atom is 0.131 e. The van der Waals surface area contributed by atoms with Crippen LogP contribution in [-0.4, -0.2) is 23.1 Å². The number of aryl methyl sites for hydroxylation is 2. The molecule has 1 fully saturated rings. The van der Waals surface area contributed by atoms with Gasteiger partial charge >= 0.3 is 0 Å². The van der Waals surface area contributed by atoms with Crippen molar-refractivity contribution in [3.8, 4) is 0 Å². The molecule has 3 nitrogen and oxygen atoms in total. The van der Waals surface area contributed by atoms with E-state index in [1.54, 1.807) is 0 Å². The molecule has 1 unspecified atom stereocenters. The van der Waals surface area contributed by atoms with Crippen LogP contribution in [0.3, 0.4) is 0 Å². The van der Waals surface area contributed by atoms with E-state index in [2.05, 4.69) is 19.2 Å². The van der Waals surface area contributed by atoms with E-state index in [4.69, 9.17) is 9.97 Å². The van der Waals surface area contributed by atoms with Crippen molar-refractivity contribution in [2.24, 2.45) is 5.92 Å². The van der Waals surface area contributed by atoms with E-state index in [0.717, 1.165) is 31.3 Å². The molecular weight excluding hydrogens is 234 g/mol. The molecule has 2 aliphatic rings. The Balaban J connectivity index is 1.70. The zero-order valence-corrected chi connectivity index (χ0v) is 12.2. The van der Waals surface area contributed by atoms with Crippen LogP contribution in [0.5, 0.6) is 0 Å². The second-order valence-corrected chi connectivity index (χ2v) is 6.18. The van der Waals surface area contributed by atoms with Gasteiger partial charge in [-0.15, -0.1) is 0 Å². The number of hydrogen-bond donors (Lipinski definition) is 1. The Hall–Kier alpha value is -0.960. The Bertz CT molecular complexity index is 452. The predicted octanol–water partition coefficient (Wildman–Crippen LogP) is 2.77. The van der Waals surface area contributed by atoms with E-state index in [1.807, 2.05) is 0 Å². The summed E-state index contributed by atoms with van der Waals surface area (Å²) in [4.78, 5) is 9.58. The van der Waals surface area contributed by atoms with E-state index >= 15 is 0 Å². The van der Waals surface area contributed by atoms with E-state index in [0.29, 0.717) is 5.92 Å². The normalized spacial score (nSPS) is 22.3. The molecule has 1 heterocycles. The lowest BCUT2D eigenvalue weighted by molar-refractivity contribution is 0.418. The highest BCUT2D eigenvalue weighted by Crippen LogP contribution is 2.39. The highest BCUT2D eigenvalue weighted by atomic mass is 14.9. The SMILES string of the molecule is CCCNCC1CCc2nc(C3CC3)nc(C)c2C1. The fourth-order valence-electron chi connectivity index (χ4n) is 3.06. The molecule has 1 aromatic rings. The van der Waals surface area contributed by atoms with Crippen molar-refractivity contribution in [3.63, 3.8) is 0 Å². The minimum Gasteiger partial charge on any atom is -0.316 e. The van der Waals surface area contributed by atoms with Crippen LogP contribution in [-0.2, 0) is 12.8 Å². The molecule has 3 rings (SSSR count). The number of hydrogen-bond acceptors (Lipinski definition) is 3. The van der Waals surface area contributed by atoms with Gasteiger partial charge in [-0.25, -0.2) is 9.97 Å². The van der Waals surface area contributed by atoms with Crippen LogP contribution in [0.25, 0.3) is 0 Å². The lowest BCUT2D eigenvalue weighted by atomic mass is 9.85. The Labute approximate surface area is 116 Å². The molecule has 1 N–H and O–H groups in total. The second-order valence-electron chi connectivity index (χ2n) is 6.18. The Morgan fingerprint density at radius 1 is 1.21 bits per heavy atom. The third kappa shape index (κ3) is 2.97. The summed E-state index contributed by atoms with van der Waals surface area (Å²) in [6.07, 6.45) is 7.41. The minimum absolute atomic E-state index is 0.674. The summed E-state index contributed by atoms with van der Waals surface area (Å²) in [5.74, 6) is 2.57. The molecule has 1 saturated carbocycles. The van der Waals surface area contributed by atoms with Crippen LogP contribution in [0.15, 0.2) is 0 Å². The maximum absolute atomic E-state index is 4.84. The molecule has 0 aliphatic heterocycles. The summed E-state index contributed by atoms with van der Waals surface area (Å²) in [5, 5.41) is 3.55. The van der Waals surface area contributed by atoms with Gasteiger partial charge in [-0.1, -0.05) is 6.92 Å². The highest BCUT2D eigenvalue weighted by Gasteiger charge is 2.29. The van der Waals surface area contributed by atoms with Gasteiger partial charge in [0.25, 0.3) is 0 Å². The van der Waals surface area contributed by atoms with E-state index in [9.17, 15) is 0 Å². The van der Waals surface area contributed by atoms with Crippen molar-refractivity contribution in [1.29, 1.82) is 0 Å². The molecule has 0 bridgehead atoms. The van der Waals surface area contributed by atoms with Crippen LogP contribution >= 0.6 is 0 Å². The molecule has 3 heteroatoms. The van der Waals surface area contributed by atoms with Crippen molar-refractivity contribution in [2.45, 2.75) is 58.3 Å². The zero-order valence-electron chi connectivity index (χ0n) is 12.2. The van der Waals surface area contributed by atoms with Crippen molar-refractivity contribution >= 4 is 0 Å². The monoisotopic (exact) mass is 259 g/mol. The lowest BCUT2D eigenvalue weighted by Crippen LogP contribution is -2.29.